The Bertz CT molecular complexity index is 336. The van der Waals surface area contributed by atoms with Gasteiger partial charge in [-0.15, -0.1) is 11.6 Å². The van der Waals surface area contributed by atoms with Gasteiger partial charge in [0.2, 0.25) is 0 Å². The van der Waals surface area contributed by atoms with Gasteiger partial charge < -0.3 is 0 Å². The molecule has 0 bridgehead atoms. The average molecular weight is 233 g/mol. The SMILES string of the molecule is CC(C)C(C)C(Cl)c1ccc(F)c(F)c1. The fourth-order valence-corrected chi connectivity index (χ4v) is 1.75. The Balaban J connectivity index is 2.91. The smallest absolute Gasteiger partial charge is 0.159 e. The molecule has 2 atom stereocenters. The van der Waals surface area contributed by atoms with Crippen molar-refractivity contribution in [2.24, 2.45) is 11.8 Å². The van der Waals surface area contributed by atoms with Gasteiger partial charge in [0.15, 0.2) is 11.6 Å². The van der Waals surface area contributed by atoms with Crippen LogP contribution in [-0.2, 0) is 0 Å². The van der Waals surface area contributed by atoms with Crippen molar-refractivity contribution in [3.8, 4) is 0 Å². The van der Waals surface area contributed by atoms with Crippen LogP contribution in [0.3, 0.4) is 0 Å². The molecule has 0 aliphatic heterocycles. The summed E-state index contributed by atoms with van der Waals surface area (Å²) < 4.78 is 25.7. The molecule has 0 fully saturated rings. The third kappa shape index (κ3) is 2.91. The number of alkyl halides is 1. The van der Waals surface area contributed by atoms with Crippen molar-refractivity contribution in [1.82, 2.24) is 0 Å². The van der Waals surface area contributed by atoms with E-state index in [1.807, 2.05) is 6.92 Å². The normalized spacial score (nSPS) is 15.4. The van der Waals surface area contributed by atoms with Gasteiger partial charge >= 0.3 is 0 Å². The maximum absolute atomic E-state index is 13.0. The van der Waals surface area contributed by atoms with E-state index in [-0.39, 0.29) is 11.3 Å². The zero-order valence-corrected chi connectivity index (χ0v) is 9.85. The van der Waals surface area contributed by atoms with Gasteiger partial charge in [0, 0.05) is 0 Å². The van der Waals surface area contributed by atoms with Gasteiger partial charge in [0.1, 0.15) is 0 Å². The fraction of sp³-hybridized carbons (Fsp3) is 0.500. The fourth-order valence-electron chi connectivity index (χ4n) is 1.33. The van der Waals surface area contributed by atoms with Gasteiger partial charge in [-0.25, -0.2) is 8.78 Å². The third-order valence-corrected chi connectivity index (χ3v) is 3.42. The van der Waals surface area contributed by atoms with E-state index in [2.05, 4.69) is 13.8 Å². The highest BCUT2D eigenvalue weighted by molar-refractivity contribution is 6.21. The molecular formula is C12H15ClF2. The lowest BCUT2D eigenvalue weighted by molar-refractivity contribution is 0.404. The van der Waals surface area contributed by atoms with E-state index in [1.165, 1.54) is 12.1 Å². The molecule has 1 rings (SSSR count). The Morgan fingerprint density at radius 1 is 1.07 bits per heavy atom. The molecule has 0 saturated heterocycles. The van der Waals surface area contributed by atoms with Gasteiger partial charge in [-0.3, -0.25) is 0 Å². The summed E-state index contributed by atoms with van der Waals surface area (Å²) >= 11 is 6.19. The lowest BCUT2D eigenvalue weighted by Gasteiger charge is -2.21. The lowest BCUT2D eigenvalue weighted by Crippen LogP contribution is -2.11. The number of hydrogen-bond acceptors (Lipinski definition) is 0. The highest BCUT2D eigenvalue weighted by atomic mass is 35.5. The molecule has 1 aromatic carbocycles. The molecular weight excluding hydrogens is 218 g/mol. The maximum Gasteiger partial charge on any atom is 0.159 e. The van der Waals surface area contributed by atoms with Crippen LogP contribution < -0.4 is 0 Å². The Kier molecular flexibility index (Phi) is 4.09. The number of halogens is 3. The summed E-state index contributed by atoms with van der Waals surface area (Å²) in [6.07, 6.45) is 0. The van der Waals surface area contributed by atoms with Crippen molar-refractivity contribution in [1.29, 1.82) is 0 Å². The molecule has 84 valence electrons. The van der Waals surface area contributed by atoms with Crippen LogP contribution >= 0.6 is 11.6 Å². The first-order valence-corrected chi connectivity index (χ1v) is 5.46. The first-order chi connectivity index (χ1) is 6.93. The number of hydrogen-bond donors (Lipinski definition) is 0. The Hall–Kier alpha value is -0.630. The van der Waals surface area contributed by atoms with Crippen molar-refractivity contribution in [2.45, 2.75) is 26.1 Å². The third-order valence-electron chi connectivity index (χ3n) is 2.78. The Morgan fingerprint density at radius 3 is 2.13 bits per heavy atom. The molecule has 0 saturated carbocycles. The van der Waals surface area contributed by atoms with Gasteiger partial charge in [-0.05, 0) is 29.5 Å². The van der Waals surface area contributed by atoms with Crippen LogP contribution in [0.4, 0.5) is 8.78 Å². The van der Waals surface area contributed by atoms with E-state index in [0.29, 0.717) is 11.5 Å². The molecule has 0 radical (unpaired) electrons. The summed E-state index contributed by atoms with van der Waals surface area (Å²) in [6, 6.07) is 3.83. The van der Waals surface area contributed by atoms with Crippen molar-refractivity contribution in [3.63, 3.8) is 0 Å². The number of rotatable bonds is 3. The quantitative estimate of drug-likeness (QED) is 0.672. The van der Waals surface area contributed by atoms with E-state index < -0.39 is 11.6 Å². The second-order valence-corrected chi connectivity index (χ2v) is 4.65. The molecule has 1 aromatic rings. The molecule has 3 heteroatoms. The predicted molar refractivity (Wildman–Crippen MR) is 59.0 cm³/mol. The molecule has 0 spiro atoms. The summed E-state index contributed by atoms with van der Waals surface area (Å²) in [4.78, 5) is 0. The van der Waals surface area contributed by atoms with Gasteiger partial charge in [0.05, 0.1) is 5.38 Å². The van der Waals surface area contributed by atoms with E-state index in [9.17, 15) is 8.78 Å². The molecule has 0 aliphatic rings. The zero-order valence-electron chi connectivity index (χ0n) is 9.10. The molecule has 0 nitrogen and oxygen atoms in total. The second-order valence-electron chi connectivity index (χ2n) is 4.18. The van der Waals surface area contributed by atoms with Crippen LogP contribution in [0.5, 0.6) is 0 Å². The Labute approximate surface area is 94.3 Å². The minimum atomic E-state index is -0.839. The van der Waals surface area contributed by atoms with E-state index in [4.69, 9.17) is 11.6 Å². The van der Waals surface area contributed by atoms with Crippen molar-refractivity contribution in [3.05, 3.63) is 35.4 Å². The second kappa shape index (κ2) is 4.93. The van der Waals surface area contributed by atoms with E-state index in [0.717, 1.165) is 6.07 Å². The maximum atomic E-state index is 13.0. The average Bonchev–Trinajstić information content (AvgIpc) is 2.19. The molecule has 2 unspecified atom stereocenters. The first-order valence-electron chi connectivity index (χ1n) is 5.02. The first kappa shape index (κ1) is 12.4. The lowest BCUT2D eigenvalue weighted by atomic mass is 9.90. The highest BCUT2D eigenvalue weighted by Gasteiger charge is 2.20. The summed E-state index contributed by atoms with van der Waals surface area (Å²) in [6.45, 7) is 6.11. The summed E-state index contributed by atoms with van der Waals surface area (Å²) in [5, 5.41) is -0.278. The van der Waals surface area contributed by atoms with E-state index in [1.54, 1.807) is 0 Å². The van der Waals surface area contributed by atoms with Crippen molar-refractivity contribution in [2.75, 3.05) is 0 Å². The molecule has 15 heavy (non-hydrogen) atoms. The summed E-state index contributed by atoms with van der Waals surface area (Å²) in [5.74, 6) is -1.05. The Morgan fingerprint density at radius 2 is 1.67 bits per heavy atom. The number of benzene rings is 1. The zero-order chi connectivity index (χ0) is 11.6. The van der Waals surface area contributed by atoms with Gasteiger partial charge in [0.25, 0.3) is 0 Å². The van der Waals surface area contributed by atoms with Gasteiger partial charge in [-0.1, -0.05) is 26.8 Å². The van der Waals surface area contributed by atoms with Crippen molar-refractivity contribution >= 4 is 11.6 Å². The van der Waals surface area contributed by atoms with Crippen LogP contribution in [0.1, 0.15) is 31.7 Å². The molecule has 0 aromatic heterocycles. The topological polar surface area (TPSA) is 0 Å². The standard InChI is InChI=1S/C12H15ClF2/c1-7(2)8(3)12(13)9-4-5-10(14)11(15)6-9/h4-8,12H,1-3H3. The molecule has 0 amide bonds. The minimum Gasteiger partial charge on any atom is -0.204 e. The van der Waals surface area contributed by atoms with Crippen LogP contribution in [0.25, 0.3) is 0 Å². The minimum absolute atomic E-state index is 0.219. The van der Waals surface area contributed by atoms with Crippen LogP contribution in [0.2, 0.25) is 0 Å². The van der Waals surface area contributed by atoms with Crippen LogP contribution in [-0.4, -0.2) is 0 Å². The van der Waals surface area contributed by atoms with Crippen LogP contribution in [0, 0.1) is 23.5 Å². The van der Waals surface area contributed by atoms with Crippen LogP contribution in [0.15, 0.2) is 18.2 Å². The molecule has 0 N–H and O–H groups in total. The predicted octanol–water partition coefficient (Wildman–Crippen LogP) is 4.54. The van der Waals surface area contributed by atoms with E-state index >= 15 is 0 Å². The molecule has 0 aliphatic carbocycles. The molecule has 0 heterocycles. The highest BCUT2D eigenvalue weighted by Crippen LogP contribution is 2.33. The van der Waals surface area contributed by atoms with Gasteiger partial charge in [-0.2, -0.15) is 0 Å². The summed E-state index contributed by atoms with van der Waals surface area (Å²) in [5.41, 5.74) is 0.636. The van der Waals surface area contributed by atoms with Crippen molar-refractivity contribution < 1.29 is 8.78 Å². The monoisotopic (exact) mass is 232 g/mol. The summed E-state index contributed by atoms with van der Waals surface area (Å²) in [7, 11) is 0. The largest absolute Gasteiger partial charge is 0.204 e.